The van der Waals surface area contributed by atoms with Crippen molar-refractivity contribution in [1.29, 1.82) is 0 Å². The van der Waals surface area contributed by atoms with Crippen molar-refractivity contribution < 1.29 is 4.74 Å². The van der Waals surface area contributed by atoms with E-state index in [1.807, 2.05) is 6.07 Å². The van der Waals surface area contributed by atoms with Gasteiger partial charge in [0.2, 0.25) is 0 Å². The fraction of sp³-hybridized carbons (Fsp3) is 0.333. The van der Waals surface area contributed by atoms with E-state index in [4.69, 9.17) is 4.74 Å². The number of hydrogen-bond acceptors (Lipinski definition) is 1. The summed E-state index contributed by atoms with van der Waals surface area (Å²) in [5.74, 6) is 0.905. The number of methoxy groups -OCH3 is 1. The Labute approximate surface area is 75.5 Å². The van der Waals surface area contributed by atoms with Gasteiger partial charge in [-0.25, -0.2) is 0 Å². The van der Waals surface area contributed by atoms with Crippen molar-refractivity contribution in [1.82, 2.24) is 0 Å². The average molecular weight is 215 g/mol. The molecule has 11 heavy (non-hydrogen) atoms. The van der Waals surface area contributed by atoms with Gasteiger partial charge in [0, 0.05) is 0 Å². The highest BCUT2D eigenvalue weighted by Crippen LogP contribution is 2.29. The predicted molar refractivity (Wildman–Crippen MR) is 50.2 cm³/mol. The third-order valence-corrected chi connectivity index (χ3v) is 2.60. The van der Waals surface area contributed by atoms with E-state index in [2.05, 4.69) is 35.8 Å². The van der Waals surface area contributed by atoms with E-state index in [0.29, 0.717) is 0 Å². The second kappa shape index (κ2) is 3.26. The molecule has 0 aromatic heterocycles. The lowest BCUT2D eigenvalue weighted by molar-refractivity contribution is 0.411. The van der Waals surface area contributed by atoms with Gasteiger partial charge in [-0.1, -0.05) is 6.07 Å². The molecule has 60 valence electrons. The van der Waals surface area contributed by atoms with E-state index in [9.17, 15) is 0 Å². The lowest BCUT2D eigenvalue weighted by atomic mass is 10.1. The first-order chi connectivity index (χ1) is 5.15. The molecule has 0 amide bonds. The molecule has 1 aromatic carbocycles. The van der Waals surface area contributed by atoms with Crippen LogP contribution >= 0.6 is 15.9 Å². The molecule has 0 unspecified atom stereocenters. The van der Waals surface area contributed by atoms with Crippen LogP contribution in [-0.4, -0.2) is 7.11 Å². The van der Waals surface area contributed by atoms with E-state index in [1.54, 1.807) is 7.11 Å². The minimum atomic E-state index is 0.905. The Hall–Kier alpha value is -0.500. The first kappa shape index (κ1) is 8.60. The van der Waals surface area contributed by atoms with Crippen LogP contribution in [-0.2, 0) is 0 Å². The van der Waals surface area contributed by atoms with Crippen molar-refractivity contribution in [3.05, 3.63) is 27.7 Å². The van der Waals surface area contributed by atoms with E-state index >= 15 is 0 Å². The molecule has 0 radical (unpaired) electrons. The van der Waals surface area contributed by atoms with Crippen LogP contribution < -0.4 is 4.74 Å². The Morgan fingerprint density at radius 1 is 1.27 bits per heavy atom. The van der Waals surface area contributed by atoms with Gasteiger partial charge in [-0.05, 0) is 47.0 Å². The van der Waals surface area contributed by atoms with Crippen molar-refractivity contribution in [2.75, 3.05) is 7.11 Å². The molecule has 0 aliphatic carbocycles. The summed E-state index contributed by atoms with van der Waals surface area (Å²) in [6.07, 6.45) is 0. The second-order valence-corrected chi connectivity index (χ2v) is 3.39. The van der Waals surface area contributed by atoms with Crippen molar-refractivity contribution in [2.24, 2.45) is 0 Å². The average Bonchev–Trinajstić information content (AvgIpc) is 1.96. The third kappa shape index (κ3) is 1.74. The smallest absolute Gasteiger partial charge is 0.133 e. The van der Waals surface area contributed by atoms with Crippen LogP contribution in [0.1, 0.15) is 11.1 Å². The lowest BCUT2D eigenvalue weighted by Gasteiger charge is -2.06. The van der Waals surface area contributed by atoms with Crippen LogP contribution in [0.5, 0.6) is 5.75 Å². The number of aryl methyl sites for hydroxylation is 2. The van der Waals surface area contributed by atoms with Crippen LogP contribution in [0.4, 0.5) is 0 Å². The highest BCUT2D eigenvalue weighted by Gasteiger charge is 2.02. The topological polar surface area (TPSA) is 9.23 Å². The Kier molecular flexibility index (Phi) is 2.55. The Balaban J connectivity index is 3.24. The SMILES string of the molecule is COc1cc(C)cc(C)c1Br. The number of benzene rings is 1. The maximum Gasteiger partial charge on any atom is 0.133 e. The molecule has 0 spiro atoms. The number of hydrogen-bond donors (Lipinski definition) is 0. The molecule has 2 heteroatoms. The molecule has 0 bridgehead atoms. The van der Waals surface area contributed by atoms with Gasteiger partial charge < -0.3 is 4.74 Å². The fourth-order valence-corrected chi connectivity index (χ4v) is 1.45. The van der Waals surface area contributed by atoms with E-state index in [0.717, 1.165) is 10.2 Å². The highest BCUT2D eigenvalue weighted by molar-refractivity contribution is 9.10. The lowest BCUT2D eigenvalue weighted by Crippen LogP contribution is -1.87. The molecule has 0 saturated heterocycles. The summed E-state index contributed by atoms with van der Waals surface area (Å²) >= 11 is 3.45. The number of halogens is 1. The van der Waals surface area contributed by atoms with E-state index < -0.39 is 0 Å². The van der Waals surface area contributed by atoms with Gasteiger partial charge in [0.25, 0.3) is 0 Å². The van der Waals surface area contributed by atoms with Gasteiger partial charge in [-0.15, -0.1) is 0 Å². The van der Waals surface area contributed by atoms with Crippen LogP contribution in [0.15, 0.2) is 16.6 Å². The second-order valence-electron chi connectivity index (χ2n) is 2.60. The third-order valence-electron chi connectivity index (χ3n) is 1.59. The molecule has 0 heterocycles. The maximum absolute atomic E-state index is 5.16. The number of ether oxygens (including phenoxy) is 1. The van der Waals surface area contributed by atoms with Gasteiger partial charge in [-0.3, -0.25) is 0 Å². The molecule has 1 nitrogen and oxygen atoms in total. The van der Waals surface area contributed by atoms with Crippen molar-refractivity contribution in [3.8, 4) is 5.75 Å². The molecule has 0 fully saturated rings. The summed E-state index contributed by atoms with van der Waals surface area (Å²) in [6, 6.07) is 4.13. The van der Waals surface area contributed by atoms with Crippen LogP contribution in [0.3, 0.4) is 0 Å². The summed E-state index contributed by atoms with van der Waals surface area (Å²) in [5, 5.41) is 0. The minimum absolute atomic E-state index is 0.905. The Morgan fingerprint density at radius 3 is 2.45 bits per heavy atom. The normalized spacial score (nSPS) is 9.82. The summed E-state index contributed by atoms with van der Waals surface area (Å²) in [6.45, 7) is 4.11. The summed E-state index contributed by atoms with van der Waals surface area (Å²) in [5.41, 5.74) is 2.43. The highest BCUT2D eigenvalue weighted by atomic mass is 79.9. The van der Waals surface area contributed by atoms with Gasteiger partial charge >= 0.3 is 0 Å². The monoisotopic (exact) mass is 214 g/mol. The van der Waals surface area contributed by atoms with E-state index in [1.165, 1.54) is 11.1 Å². The van der Waals surface area contributed by atoms with Crippen molar-refractivity contribution in [2.45, 2.75) is 13.8 Å². The standard InChI is InChI=1S/C9H11BrO/c1-6-4-7(2)9(10)8(5-6)11-3/h4-5H,1-3H3. The maximum atomic E-state index is 5.16. The summed E-state index contributed by atoms with van der Waals surface area (Å²) < 4.78 is 6.21. The van der Waals surface area contributed by atoms with Crippen molar-refractivity contribution >= 4 is 15.9 Å². The number of rotatable bonds is 1. The molecule has 0 atom stereocenters. The van der Waals surface area contributed by atoms with Crippen molar-refractivity contribution in [3.63, 3.8) is 0 Å². The molecule has 1 rings (SSSR count). The zero-order valence-corrected chi connectivity index (χ0v) is 8.53. The van der Waals surface area contributed by atoms with Gasteiger partial charge in [0.1, 0.15) is 5.75 Å². The van der Waals surface area contributed by atoms with Crippen LogP contribution in [0, 0.1) is 13.8 Å². The summed E-state index contributed by atoms with van der Waals surface area (Å²) in [4.78, 5) is 0. The van der Waals surface area contributed by atoms with E-state index in [-0.39, 0.29) is 0 Å². The molecule has 0 aliphatic heterocycles. The molecule has 1 aromatic rings. The largest absolute Gasteiger partial charge is 0.496 e. The molecule has 0 saturated carbocycles. The first-order valence-electron chi connectivity index (χ1n) is 3.46. The Morgan fingerprint density at radius 2 is 1.91 bits per heavy atom. The molecular weight excluding hydrogens is 204 g/mol. The molecular formula is C9H11BrO. The van der Waals surface area contributed by atoms with Gasteiger partial charge in [0.05, 0.1) is 11.6 Å². The first-order valence-corrected chi connectivity index (χ1v) is 4.25. The zero-order valence-electron chi connectivity index (χ0n) is 6.94. The van der Waals surface area contributed by atoms with Crippen LogP contribution in [0.2, 0.25) is 0 Å². The van der Waals surface area contributed by atoms with Gasteiger partial charge in [0.15, 0.2) is 0 Å². The molecule has 0 N–H and O–H groups in total. The zero-order chi connectivity index (χ0) is 8.43. The van der Waals surface area contributed by atoms with Gasteiger partial charge in [-0.2, -0.15) is 0 Å². The Bertz CT molecular complexity index is 269. The fourth-order valence-electron chi connectivity index (χ4n) is 1.06. The predicted octanol–water partition coefficient (Wildman–Crippen LogP) is 3.07. The minimum Gasteiger partial charge on any atom is -0.496 e. The summed E-state index contributed by atoms with van der Waals surface area (Å²) in [7, 11) is 1.68. The van der Waals surface area contributed by atoms with Crippen LogP contribution in [0.25, 0.3) is 0 Å². The quantitative estimate of drug-likeness (QED) is 0.699. The molecule has 0 aliphatic rings.